The van der Waals surface area contributed by atoms with E-state index in [1.54, 1.807) is 37.3 Å². The van der Waals surface area contributed by atoms with E-state index in [4.69, 9.17) is 23.2 Å². The van der Waals surface area contributed by atoms with Gasteiger partial charge in [0.25, 0.3) is 0 Å². The molecule has 0 saturated carbocycles. The molecule has 5 nitrogen and oxygen atoms in total. The van der Waals surface area contributed by atoms with Gasteiger partial charge < -0.3 is 4.98 Å². The van der Waals surface area contributed by atoms with E-state index in [9.17, 15) is 8.42 Å². The number of hydrogen-bond acceptors (Lipinski definition) is 3. The lowest BCUT2D eigenvalue weighted by molar-refractivity contribution is 0.584. The van der Waals surface area contributed by atoms with Crippen LogP contribution in [0.4, 0.5) is 0 Å². The molecule has 132 valence electrons. The average molecular weight is 463 g/mol. The number of benzene rings is 2. The summed E-state index contributed by atoms with van der Waals surface area (Å²) in [5, 5.41) is 0.961. The average Bonchev–Trinajstić information content (AvgIpc) is 2.95. The molecule has 0 unspecified atom stereocenters. The van der Waals surface area contributed by atoms with E-state index in [0.717, 1.165) is 11.1 Å². The normalized spacial score (nSPS) is 12.0. The van der Waals surface area contributed by atoms with E-state index in [0.29, 0.717) is 38.8 Å². The Hall–Kier alpha value is -1.12. The van der Waals surface area contributed by atoms with Crippen LogP contribution >= 0.6 is 39.1 Å². The third kappa shape index (κ3) is 3.85. The highest BCUT2D eigenvalue weighted by Gasteiger charge is 2.14. The van der Waals surface area contributed by atoms with E-state index in [1.807, 2.05) is 0 Å². The van der Waals surface area contributed by atoms with Crippen LogP contribution in [0.25, 0.3) is 11.0 Å². The van der Waals surface area contributed by atoms with Gasteiger partial charge in [0.2, 0.25) is 10.0 Å². The van der Waals surface area contributed by atoms with Crippen LogP contribution in [-0.2, 0) is 16.4 Å². The van der Waals surface area contributed by atoms with Crippen molar-refractivity contribution in [3.8, 4) is 0 Å². The van der Waals surface area contributed by atoms with Gasteiger partial charge in [0, 0.05) is 13.0 Å². The molecular formula is C16H14BrCl2N3O2S. The van der Waals surface area contributed by atoms with Crippen molar-refractivity contribution in [3.05, 3.63) is 56.2 Å². The van der Waals surface area contributed by atoms with E-state index in [2.05, 4.69) is 30.6 Å². The molecule has 3 aromatic rings. The Morgan fingerprint density at radius 3 is 2.56 bits per heavy atom. The Balaban J connectivity index is 1.88. The standard InChI is InChI=1S/C16H14BrCl2N3O2S/c1-2-20-25(23,24)10-5-3-9(4-6-10)7-13-21-12-8-11(18)14(17)15(19)16(12)22-13/h3-6,8,20H,2,7H2,1H3,(H,21,22). The Labute approximate surface area is 163 Å². The van der Waals surface area contributed by atoms with Gasteiger partial charge in [-0.25, -0.2) is 18.1 Å². The van der Waals surface area contributed by atoms with Crippen molar-refractivity contribution in [3.63, 3.8) is 0 Å². The molecule has 1 aromatic heterocycles. The monoisotopic (exact) mass is 461 g/mol. The van der Waals surface area contributed by atoms with Gasteiger partial charge in [0.05, 0.1) is 24.9 Å². The molecule has 0 spiro atoms. The van der Waals surface area contributed by atoms with Gasteiger partial charge in [-0.1, -0.05) is 42.3 Å². The second kappa shape index (κ2) is 7.25. The quantitative estimate of drug-likeness (QED) is 0.547. The molecule has 0 saturated heterocycles. The lowest BCUT2D eigenvalue weighted by Gasteiger charge is -2.05. The second-order valence-corrected chi connectivity index (χ2v) is 8.73. The molecule has 1 heterocycles. The zero-order valence-electron chi connectivity index (χ0n) is 13.1. The number of H-pyrrole nitrogens is 1. The van der Waals surface area contributed by atoms with E-state index in [-0.39, 0.29) is 4.90 Å². The fourth-order valence-corrected chi connectivity index (χ4v) is 4.29. The van der Waals surface area contributed by atoms with Crippen molar-refractivity contribution >= 4 is 60.2 Å². The molecule has 0 aliphatic rings. The van der Waals surface area contributed by atoms with Crippen LogP contribution in [0.2, 0.25) is 10.0 Å². The highest BCUT2D eigenvalue weighted by atomic mass is 79.9. The summed E-state index contributed by atoms with van der Waals surface area (Å²) in [4.78, 5) is 7.93. The smallest absolute Gasteiger partial charge is 0.240 e. The molecule has 3 rings (SSSR count). The van der Waals surface area contributed by atoms with Gasteiger partial charge in [-0.2, -0.15) is 0 Å². The lowest BCUT2D eigenvalue weighted by Crippen LogP contribution is -2.23. The largest absolute Gasteiger partial charge is 0.342 e. The van der Waals surface area contributed by atoms with Crippen LogP contribution in [-0.4, -0.2) is 24.9 Å². The minimum atomic E-state index is -3.45. The molecule has 2 N–H and O–H groups in total. The molecule has 0 bridgehead atoms. The number of aromatic nitrogens is 2. The summed E-state index contributed by atoms with van der Waals surface area (Å²) in [7, 11) is -3.45. The van der Waals surface area contributed by atoms with Crippen molar-refractivity contribution in [2.45, 2.75) is 18.2 Å². The summed E-state index contributed by atoms with van der Waals surface area (Å²) in [6.45, 7) is 2.09. The molecule has 0 radical (unpaired) electrons. The maximum absolute atomic E-state index is 12.0. The van der Waals surface area contributed by atoms with E-state index >= 15 is 0 Å². The maximum atomic E-state index is 12.0. The predicted octanol–water partition coefficient (Wildman–Crippen LogP) is 4.52. The zero-order valence-corrected chi connectivity index (χ0v) is 17.0. The molecule has 0 atom stereocenters. The maximum Gasteiger partial charge on any atom is 0.240 e. The molecule has 2 aromatic carbocycles. The third-order valence-corrected chi connectivity index (χ3v) is 7.11. The molecular weight excluding hydrogens is 449 g/mol. The van der Waals surface area contributed by atoms with Crippen LogP contribution < -0.4 is 4.72 Å². The number of fused-ring (bicyclic) bond motifs is 1. The Morgan fingerprint density at radius 1 is 1.24 bits per heavy atom. The summed E-state index contributed by atoms with van der Waals surface area (Å²) in [5.41, 5.74) is 2.31. The number of halogens is 3. The first-order chi connectivity index (χ1) is 11.8. The SMILES string of the molecule is CCNS(=O)(=O)c1ccc(Cc2nc3c(Cl)c(Br)c(Cl)cc3[nH]2)cc1. The van der Waals surface area contributed by atoms with E-state index in [1.165, 1.54) is 0 Å². The lowest BCUT2D eigenvalue weighted by atomic mass is 10.1. The van der Waals surface area contributed by atoms with Gasteiger partial charge in [0.1, 0.15) is 11.3 Å². The summed E-state index contributed by atoms with van der Waals surface area (Å²) >= 11 is 15.7. The number of hydrogen-bond donors (Lipinski definition) is 2. The highest BCUT2D eigenvalue weighted by molar-refractivity contribution is 9.10. The van der Waals surface area contributed by atoms with Gasteiger partial charge >= 0.3 is 0 Å². The number of sulfonamides is 1. The van der Waals surface area contributed by atoms with Gasteiger partial charge in [-0.3, -0.25) is 0 Å². The molecule has 0 amide bonds. The third-order valence-electron chi connectivity index (χ3n) is 3.60. The molecule has 0 aliphatic heterocycles. The minimum Gasteiger partial charge on any atom is -0.342 e. The fourth-order valence-electron chi connectivity index (χ4n) is 2.45. The number of imidazole rings is 1. The summed E-state index contributed by atoms with van der Waals surface area (Å²) < 4.78 is 27.0. The van der Waals surface area contributed by atoms with Crippen LogP contribution in [0.3, 0.4) is 0 Å². The van der Waals surface area contributed by atoms with Gasteiger partial charge in [-0.15, -0.1) is 0 Å². The number of nitrogens with one attached hydrogen (secondary N) is 2. The van der Waals surface area contributed by atoms with Gasteiger partial charge in [0.15, 0.2) is 0 Å². The van der Waals surface area contributed by atoms with Crippen LogP contribution in [0.1, 0.15) is 18.3 Å². The number of rotatable bonds is 5. The Bertz CT molecular complexity index is 1030. The second-order valence-electron chi connectivity index (χ2n) is 5.39. The number of aromatic amines is 1. The van der Waals surface area contributed by atoms with Crippen molar-refractivity contribution in [2.75, 3.05) is 6.54 Å². The predicted molar refractivity (Wildman–Crippen MR) is 104 cm³/mol. The van der Waals surface area contributed by atoms with Crippen molar-refractivity contribution in [1.82, 2.24) is 14.7 Å². The number of nitrogens with zero attached hydrogens (tertiary/aromatic N) is 1. The van der Waals surface area contributed by atoms with Crippen LogP contribution in [0.15, 0.2) is 39.7 Å². The first-order valence-corrected chi connectivity index (χ1v) is 10.5. The first kappa shape index (κ1) is 18.7. The Morgan fingerprint density at radius 2 is 1.92 bits per heavy atom. The van der Waals surface area contributed by atoms with Gasteiger partial charge in [-0.05, 0) is 39.7 Å². The summed E-state index contributed by atoms with van der Waals surface area (Å²) in [6, 6.07) is 8.45. The van der Waals surface area contributed by atoms with Crippen molar-refractivity contribution < 1.29 is 8.42 Å². The fraction of sp³-hybridized carbons (Fsp3) is 0.188. The summed E-state index contributed by atoms with van der Waals surface area (Å²) in [5.74, 6) is 0.716. The highest BCUT2D eigenvalue weighted by Crippen LogP contribution is 2.36. The molecule has 0 fully saturated rings. The Kier molecular flexibility index (Phi) is 5.41. The molecule has 0 aliphatic carbocycles. The van der Waals surface area contributed by atoms with Crippen molar-refractivity contribution in [1.29, 1.82) is 0 Å². The molecule has 9 heteroatoms. The van der Waals surface area contributed by atoms with Crippen LogP contribution in [0, 0.1) is 0 Å². The van der Waals surface area contributed by atoms with Crippen LogP contribution in [0.5, 0.6) is 0 Å². The minimum absolute atomic E-state index is 0.237. The topological polar surface area (TPSA) is 74.8 Å². The zero-order chi connectivity index (χ0) is 18.2. The summed E-state index contributed by atoms with van der Waals surface area (Å²) in [6.07, 6.45) is 0.516. The first-order valence-electron chi connectivity index (χ1n) is 7.42. The van der Waals surface area contributed by atoms with E-state index < -0.39 is 10.0 Å². The molecule has 25 heavy (non-hydrogen) atoms. The van der Waals surface area contributed by atoms with Crippen molar-refractivity contribution in [2.24, 2.45) is 0 Å².